The predicted octanol–water partition coefficient (Wildman–Crippen LogP) is 0.115. The second-order valence-corrected chi connectivity index (χ2v) is 2.49. The van der Waals surface area contributed by atoms with Gasteiger partial charge >= 0.3 is 0 Å². The van der Waals surface area contributed by atoms with E-state index in [0.717, 1.165) is 6.42 Å². The molecule has 3 nitrogen and oxygen atoms in total. The molecule has 0 saturated carbocycles. The summed E-state index contributed by atoms with van der Waals surface area (Å²) in [5, 5.41) is 8.52. The van der Waals surface area contributed by atoms with Crippen molar-refractivity contribution >= 4 is 5.78 Å². The van der Waals surface area contributed by atoms with E-state index in [9.17, 15) is 4.79 Å². The summed E-state index contributed by atoms with van der Waals surface area (Å²) in [6, 6.07) is 0. The zero-order valence-corrected chi connectivity index (χ0v) is 6.04. The van der Waals surface area contributed by atoms with Gasteiger partial charge in [-0.05, 0) is 6.42 Å². The Morgan fingerprint density at radius 3 is 2.80 bits per heavy atom. The summed E-state index contributed by atoms with van der Waals surface area (Å²) in [5.41, 5.74) is 0. The molecule has 1 rings (SSSR count). The van der Waals surface area contributed by atoms with Crippen molar-refractivity contribution in [2.45, 2.75) is 32.0 Å². The first-order valence-electron chi connectivity index (χ1n) is 3.58. The van der Waals surface area contributed by atoms with Crippen molar-refractivity contribution in [2.75, 3.05) is 6.61 Å². The maximum absolute atomic E-state index is 10.9. The lowest BCUT2D eigenvalue weighted by Crippen LogP contribution is -2.10. The van der Waals surface area contributed by atoms with Gasteiger partial charge in [0.2, 0.25) is 0 Å². The van der Waals surface area contributed by atoms with E-state index in [1.54, 1.807) is 0 Å². The smallest absolute Gasteiger partial charge is 0.164 e. The first-order valence-corrected chi connectivity index (χ1v) is 3.58. The fourth-order valence-electron chi connectivity index (χ4n) is 0.954. The van der Waals surface area contributed by atoms with E-state index in [1.807, 2.05) is 6.92 Å². The van der Waals surface area contributed by atoms with Crippen LogP contribution in [-0.4, -0.2) is 29.7 Å². The van der Waals surface area contributed by atoms with E-state index in [2.05, 4.69) is 0 Å². The monoisotopic (exact) mass is 144 g/mol. The zero-order chi connectivity index (χ0) is 7.56. The van der Waals surface area contributed by atoms with E-state index in [-0.39, 0.29) is 24.6 Å². The van der Waals surface area contributed by atoms with Gasteiger partial charge < -0.3 is 9.84 Å². The molecular weight excluding hydrogens is 132 g/mol. The van der Waals surface area contributed by atoms with Crippen LogP contribution in [0, 0.1) is 0 Å². The van der Waals surface area contributed by atoms with Gasteiger partial charge in [-0.25, -0.2) is 0 Å². The highest BCUT2D eigenvalue weighted by atomic mass is 16.6. The van der Waals surface area contributed by atoms with E-state index < -0.39 is 0 Å². The number of ether oxygens (including phenoxy) is 1. The molecule has 2 atom stereocenters. The minimum Gasteiger partial charge on any atom is -0.394 e. The minimum atomic E-state index is -0.287. The molecule has 1 fully saturated rings. The van der Waals surface area contributed by atoms with Crippen LogP contribution in [0.15, 0.2) is 0 Å². The highest BCUT2D eigenvalue weighted by Crippen LogP contribution is 2.23. The zero-order valence-electron chi connectivity index (χ0n) is 6.04. The van der Waals surface area contributed by atoms with Crippen molar-refractivity contribution in [1.29, 1.82) is 0 Å². The molecular formula is C7H12O3. The number of carbonyl (C=O) groups excluding carboxylic acids is 1. The summed E-state index contributed by atoms with van der Waals surface area (Å²) >= 11 is 0. The fourth-order valence-corrected chi connectivity index (χ4v) is 0.954. The first kappa shape index (κ1) is 7.69. The number of rotatable bonds is 4. The standard InChI is InChI=1S/C7H12O3/c1-2-3-5(9)7-6(4-8)10-7/h6-8H,2-4H2,1H3. The molecule has 0 aliphatic carbocycles. The predicted molar refractivity (Wildman–Crippen MR) is 35.7 cm³/mol. The lowest BCUT2D eigenvalue weighted by molar-refractivity contribution is -0.120. The lowest BCUT2D eigenvalue weighted by Gasteiger charge is -1.89. The summed E-state index contributed by atoms with van der Waals surface area (Å²) in [5.74, 6) is 0.126. The highest BCUT2D eigenvalue weighted by molar-refractivity contribution is 5.85. The van der Waals surface area contributed by atoms with Crippen LogP contribution in [-0.2, 0) is 9.53 Å². The molecule has 3 heteroatoms. The van der Waals surface area contributed by atoms with E-state index >= 15 is 0 Å². The molecule has 0 aromatic heterocycles. The molecule has 0 aromatic carbocycles. The van der Waals surface area contributed by atoms with Gasteiger partial charge in [0.1, 0.15) is 12.2 Å². The van der Waals surface area contributed by atoms with Crippen LogP contribution in [0.3, 0.4) is 0 Å². The van der Waals surface area contributed by atoms with Gasteiger partial charge in [0.25, 0.3) is 0 Å². The van der Waals surface area contributed by atoms with Crippen LogP contribution in [0.5, 0.6) is 0 Å². The maximum atomic E-state index is 10.9. The molecule has 0 aromatic rings. The Hall–Kier alpha value is -0.410. The van der Waals surface area contributed by atoms with Gasteiger partial charge in [-0.1, -0.05) is 6.92 Å². The molecule has 0 amide bonds. The Balaban J connectivity index is 2.19. The molecule has 0 radical (unpaired) electrons. The highest BCUT2D eigenvalue weighted by Gasteiger charge is 2.43. The van der Waals surface area contributed by atoms with Crippen molar-refractivity contribution in [3.05, 3.63) is 0 Å². The molecule has 2 unspecified atom stereocenters. The summed E-state index contributed by atoms with van der Waals surface area (Å²) in [4.78, 5) is 10.9. The number of ketones is 1. The van der Waals surface area contributed by atoms with Crippen LogP contribution in [0.4, 0.5) is 0 Å². The van der Waals surface area contributed by atoms with Gasteiger partial charge in [0, 0.05) is 6.42 Å². The maximum Gasteiger partial charge on any atom is 0.164 e. The average molecular weight is 144 g/mol. The Labute approximate surface area is 60.0 Å². The van der Waals surface area contributed by atoms with Crippen LogP contribution in [0.2, 0.25) is 0 Å². The molecule has 58 valence electrons. The van der Waals surface area contributed by atoms with Gasteiger partial charge in [-0.15, -0.1) is 0 Å². The number of aliphatic hydroxyl groups is 1. The van der Waals surface area contributed by atoms with Crippen molar-refractivity contribution in [3.8, 4) is 0 Å². The van der Waals surface area contributed by atoms with Crippen LogP contribution in [0.25, 0.3) is 0 Å². The first-order chi connectivity index (χ1) is 4.79. The second kappa shape index (κ2) is 3.12. The third-order valence-corrected chi connectivity index (χ3v) is 1.58. The average Bonchev–Trinajstić information content (AvgIpc) is 2.66. The number of hydrogen-bond acceptors (Lipinski definition) is 3. The minimum absolute atomic E-state index is 0.0277. The molecule has 0 bridgehead atoms. The number of hydrogen-bond donors (Lipinski definition) is 1. The normalized spacial score (nSPS) is 30.2. The molecule has 1 aliphatic heterocycles. The van der Waals surface area contributed by atoms with Gasteiger partial charge in [0.15, 0.2) is 5.78 Å². The molecule has 1 N–H and O–H groups in total. The number of aliphatic hydroxyl groups excluding tert-OH is 1. The fraction of sp³-hybridized carbons (Fsp3) is 0.857. The van der Waals surface area contributed by atoms with Crippen molar-refractivity contribution < 1.29 is 14.6 Å². The van der Waals surface area contributed by atoms with Gasteiger partial charge in [0.05, 0.1) is 6.61 Å². The quantitative estimate of drug-likeness (QED) is 0.570. The van der Waals surface area contributed by atoms with E-state index in [0.29, 0.717) is 6.42 Å². The summed E-state index contributed by atoms with van der Waals surface area (Å²) in [6.45, 7) is 1.92. The summed E-state index contributed by atoms with van der Waals surface area (Å²) in [7, 11) is 0. The van der Waals surface area contributed by atoms with Crippen LogP contribution in [0.1, 0.15) is 19.8 Å². The molecule has 1 aliphatic rings. The Morgan fingerprint density at radius 2 is 2.40 bits per heavy atom. The Kier molecular flexibility index (Phi) is 2.40. The molecule has 1 saturated heterocycles. The summed E-state index contributed by atoms with van der Waals surface area (Å²) < 4.78 is 4.88. The topological polar surface area (TPSA) is 49.8 Å². The molecule has 1 heterocycles. The second-order valence-electron chi connectivity index (χ2n) is 2.49. The third kappa shape index (κ3) is 1.55. The number of epoxide rings is 1. The number of Topliss-reactive ketones (excluding diaryl/α,β-unsaturated/α-hetero) is 1. The van der Waals surface area contributed by atoms with Gasteiger partial charge in [-0.3, -0.25) is 4.79 Å². The van der Waals surface area contributed by atoms with Crippen molar-refractivity contribution in [1.82, 2.24) is 0 Å². The van der Waals surface area contributed by atoms with E-state index in [1.165, 1.54) is 0 Å². The SMILES string of the molecule is CCCC(=O)C1OC1CO. The molecule has 10 heavy (non-hydrogen) atoms. The molecule has 0 spiro atoms. The Bertz CT molecular complexity index is 133. The third-order valence-electron chi connectivity index (χ3n) is 1.58. The Morgan fingerprint density at radius 1 is 1.70 bits per heavy atom. The van der Waals surface area contributed by atoms with Crippen LogP contribution >= 0.6 is 0 Å². The van der Waals surface area contributed by atoms with E-state index in [4.69, 9.17) is 9.84 Å². The summed E-state index contributed by atoms with van der Waals surface area (Å²) in [6.07, 6.45) is 0.946. The largest absolute Gasteiger partial charge is 0.394 e. The number of carbonyl (C=O) groups is 1. The van der Waals surface area contributed by atoms with Crippen molar-refractivity contribution in [3.63, 3.8) is 0 Å². The van der Waals surface area contributed by atoms with Crippen molar-refractivity contribution in [2.24, 2.45) is 0 Å². The van der Waals surface area contributed by atoms with Crippen LogP contribution < -0.4 is 0 Å². The lowest BCUT2D eigenvalue weighted by atomic mass is 10.1. The van der Waals surface area contributed by atoms with Gasteiger partial charge in [-0.2, -0.15) is 0 Å².